The Hall–Kier alpha value is -2.85. The number of pyridine rings is 2. The number of fused-ring (bicyclic) bond motifs is 3. The highest BCUT2D eigenvalue weighted by molar-refractivity contribution is 6.35. The van der Waals surface area contributed by atoms with E-state index in [-0.39, 0.29) is 12.4 Å². The maximum Gasteiger partial charge on any atom is 0.0722 e. The number of rotatable bonds is 1. The molecule has 0 aliphatic carbocycles. The van der Waals surface area contributed by atoms with Crippen LogP contribution in [-0.4, -0.2) is 9.97 Å². The van der Waals surface area contributed by atoms with Gasteiger partial charge in [0.2, 0.25) is 0 Å². The Morgan fingerprint density at radius 3 is 2.03 bits per heavy atom. The molecule has 3 nitrogen and oxygen atoms in total. The number of aromatic nitrogens is 2. The highest BCUT2D eigenvalue weighted by Gasteiger charge is 2.20. The van der Waals surface area contributed by atoms with E-state index in [4.69, 9.17) is 23.2 Å². The quantitative estimate of drug-likeness (QED) is 0.246. The minimum Gasteiger partial charge on any atom is -0.362 e. The normalized spacial score (nSPS) is 12.1. The van der Waals surface area contributed by atoms with Crippen LogP contribution in [0.25, 0.3) is 21.8 Å². The number of benzene rings is 3. The van der Waals surface area contributed by atoms with Gasteiger partial charge in [-0.3, -0.25) is 9.97 Å². The SMILES string of the molecule is Cl.Clc1ccc2c(c1)CN(c1ccnc3ccccc13)C2.Clc1ccnc2ccccc12. The number of hydrogen-bond acceptors (Lipinski definition) is 3. The highest BCUT2D eigenvalue weighted by Crippen LogP contribution is 2.33. The van der Waals surface area contributed by atoms with Crippen molar-refractivity contribution in [3.8, 4) is 0 Å². The topological polar surface area (TPSA) is 29.0 Å². The van der Waals surface area contributed by atoms with Gasteiger partial charge in [-0.15, -0.1) is 12.4 Å². The molecule has 1 aliphatic heterocycles. The van der Waals surface area contributed by atoms with Crippen LogP contribution in [0.15, 0.2) is 91.3 Å². The van der Waals surface area contributed by atoms with Crippen LogP contribution in [0.4, 0.5) is 5.69 Å². The summed E-state index contributed by atoms with van der Waals surface area (Å²) in [5, 5.41) is 3.78. The summed E-state index contributed by atoms with van der Waals surface area (Å²) in [6.07, 6.45) is 3.60. The summed E-state index contributed by atoms with van der Waals surface area (Å²) in [6, 6.07) is 26.1. The lowest BCUT2D eigenvalue weighted by molar-refractivity contribution is 0.884. The van der Waals surface area contributed by atoms with Crippen LogP contribution in [0.2, 0.25) is 10.0 Å². The van der Waals surface area contributed by atoms with E-state index >= 15 is 0 Å². The van der Waals surface area contributed by atoms with Gasteiger partial charge in [-0.2, -0.15) is 0 Å². The van der Waals surface area contributed by atoms with Gasteiger partial charge in [0.15, 0.2) is 0 Å². The molecular formula is C26H20Cl3N3. The van der Waals surface area contributed by atoms with Crippen LogP contribution in [0.3, 0.4) is 0 Å². The predicted octanol–water partition coefficient (Wildman–Crippen LogP) is 7.72. The third kappa shape index (κ3) is 4.51. The third-order valence-corrected chi connectivity index (χ3v) is 6.02. The van der Waals surface area contributed by atoms with E-state index in [1.54, 1.807) is 12.3 Å². The molecule has 0 saturated heterocycles. The minimum absolute atomic E-state index is 0. The number of hydrogen-bond donors (Lipinski definition) is 0. The van der Waals surface area contributed by atoms with Crippen molar-refractivity contribution >= 4 is 63.1 Å². The van der Waals surface area contributed by atoms with Crippen molar-refractivity contribution in [3.05, 3.63) is 112 Å². The predicted molar refractivity (Wildman–Crippen MR) is 137 cm³/mol. The number of nitrogens with zero attached hydrogens (tertiary/aromatic N) is 3. The van der Waals surface area contributed by atoms with Crippen LogP contribution >= 0.6 is 35.6 Å². The van der Waals surface area contributed by atoms with Crippen LogP contribution in [0.1, 0.15) is 11.1 Å². The van der Waals surface area contributed by atoms with Crippen molar-refractivity contribution in [2.24, 2.45) is 0 Å². The van der Waals surface area contributed by atoms with Crippen LogP contribution in [-0.2, 0) is 13.1 Å². The molecule has 0 N–H and O–H groups in total. The molecule has 1 aliphatic rings. The summed E-state index contributed by atoms with van der Waals surface area (Å²) in [5.41, 5.74) is 5.90. The first-order valence-corrected chi connectivity index (χ1v) is 10.8. The van der Waals surface area contributed by atoms with Gasteiger partial charge >= 0.3 is 0 Å². The van der Waals surface area contributed by atoms with E-state index in [1.165, 1.54) is 22.2 Å². The Balaban J connectivity index is 0.000000174. The second-order valence-electron chi connectivity index (χ2n) is 7.43. The number of para-hydroxylation sites is 2. The van der Waals surface area contributed by atoms with Gasteiger partial charge in [0, 0.05) is 47.0 Å². The fourth-order valence-corrected chi connectivity index (χ4v) is 4.36. The maximum atomic E-state index is 6.08. The van der Waals surface area contributed by atoms with Crippen molar-refractivity contribution in [2.45, 2.75) is 13.1 Å². The smallest absolute Gasteiger partial charge is 0.0722 e. The zero-order valence-electron chi connectivity index (χ0n) is 17.1. The van der Waals surface area contributed by atoms with Crippen molar-refractivity contribution in [3.63, 3.8) is 0 Å². The first-order valence-electron chi connectivity index (χ1n) is 10.0. The molecular weight excluding hydrogens is 461 g/mol. The first kappa shape index (κ1) is 22.3. The Morgan fingerprint density at radius 1 is 0.656 bits per heavy atom. The molecule has 0 spiro atoms. The van der Waals surface area contributed by atoms with Crippen LogP contribution in [0, 0.1) is 0 Å². The molecule has 3 heterocycles. The molecule has 0 bridgehead atoms. The highest BCUT2D eigenvalue weighted by atomic mass is 35.5. The zero-order chi connectivity index (χ0) is 21.2. The zero-order valence-corrected chi connectivity index (χ0v) is 19.4. The van der Waals surface area contributed by atoms with Crippen molar-refractivity contribution in [2.75, 3.05) is 4.90 Å². The fraction of sp³-hybridized carbons (Fsp3) is 0.0769. The third-order valence-electron chi connectivity index (χ3n) is 5.45. The second-order valence-corrected chi connectivity index (χ2v) is 8.27. The monoisotopic (exact) mass is 479 g/mol. The Kier molecular flexibility index (Phi) is 6.80. The first-order chi connectivity index (χ1) is 15.2. The minimum atomic E-state index is 0. The summed E-state index contributed by atoms with van der Waals surface area (Å²) in [6.45, 7) is 1.84. The van der Waals surface area contributed by atoms with E-state index in [1.807, 2.05) is 42.6 Å². The molecule has 0 saturated carbocycles. The van der Waals surface area contributed by atoms with Crippen molar-refractivity contribution in [1.29, 1.82) is 0 Å². The summed E-state index contributed by atoms with van der Waals surface area (Å²) < 4.78 is 0. The van der Waals surface area contributed by atoms with Gasteiger partial charge < -0.3 is 4.90 Å². The molecule has 32 heavy (non-hydrogen) atoms. The molecule has 6 heteroatoms. The van der Waals surface area contributed by atoms with Crippen molar-refractivity contribution < 1.29 is 0 Å². The molecule has 0 radical (unpaired) electrons. The molecule has 2 aromatic heterocycles. The fourth-order valence-electron chi connectivity index (χ4n) is 3.95. The summed E-state index contributed by atoms with van der Waals surface area (Å²) in [7, 11) is 0. The van der Waals surface area contributed by atoms with E-state index in [9.17, 15) is 0 Å². The van der Waals surface area contributed by atoms with Crippen LogP contribution < -0.4 is 4.90 Å². The summed E-state index contributed by atoms with van der Waals surface area (Å²) in [4.78, 5) is 11.0. The average molecular weight is 481 g/mol. The summed E-state index contributed by atoms with van der Waals surface area (Å²) >= 11 is 12.0. The Labute approximate surface area is 203 Å². The molecule has 0 unspecified atom stereocenters. The van der Waals surface area contributed by atoms with E-state index in [0.717, 1.165) is 39.6 Å². The van der Waals surface area contributed by atoms with Crippen LogP contribution in [0.5, 0.6) is 0 Å². The van der Waals surface area contributed by atoms with E-state index in [0.29, 0.717) is 0 Å². The largest absolute Gasteiger partial charge is 0.362 e. The number of anilines is 1. The molecule has 0 atom stereocenters. The van der Waals surface area contributed by atoms with E-state index < -0.39 is 0 Å². The standard InChI is InChI=1S/C17H13ClN2.C9H6ClN.ClH/c18-14-6-5-12-10-20(11-13(12)9-14)17-7-8-19-16-4-2-1-3-15(16)17;10-8-5-6-11-9-4-2-1-3-7(8)9;/h1-9H,10-11H2;1-6H;1H. The van der Waals surface area contributed by atoms with Gasteiger partial charge in [0.1, 0.15) is 0 Å². The Morgan fingerprint density at radius 2 is 1.28 bits per heavy atom. The van der Waals surface area contributed by atoms with Crippen molar-refractivity contribution in [1.82, 2.24) is 9.97 Å². The lowest BCUT2D eigenvalue weighted by Crippen LogP contribution is -2.14. The van der Waals surface area contributed by atoms with Gasteiger partial charge in [0.25, 0.3) is 0 Å². The average Bonchev–Trinajstić information content (AvgIpc) is 3.22. The van der Waals surface area contributed by atoms with Gasteiger partial charge in [-0.05, 0) is 47.5 Å². The van der Waals surface area contributed by atoms with Gasteiger partial charge in [-0.1, -0.05) is 65.7 Å². The number of halogens is 3. The molecule has 160 valence electrons. The molecule has 0 fully saturated rings. The van der Waals surface area contributed by atoms with E-state index in [2.05, 4.69) is 51.3 Å². The summed E-state index contributed by atoms with van der Waals surface area (Å²) in [5.74, 6) is 0. The lowest BCUT2D eigenvalue weighted by atomic mass is 10.1. The maximum absolute atomic E-state index is 6.08. The molecule has 3 aromatic carbocycles. The Bertz CT molecular complexity index is 1380. The van der Waals surface area contributed by atoms with Gasteiger partial charge in [0.05, 0.1) is 16.1 Å². The lowest BCUT2D eigenvalue weighted by Gasteiger charge is -2.19. The molecule has 5 aromatic rings. The van der Waals surface area contributed by atoms with Gasteiger partial charge in [-0.25, -0.2) is 0 Å². The molecule has 6 rings (SSSR count). The second kappa shape index (κ2) is 9.74. The molecule has 0 amide bonds.